The maximum atomic E-state index is 5.52. The first-order valence-corrected chi connectivity index (χ1v) is 5.85. The highest BCUT2D eigenvalue weighted by Gasteiger charge is 2.30. The van der Waals surface area contributed by atoms with Gasteiger partial charge in [0.25, 0.3) is 0 Å². The normalized spacial score (nSPS) is 35.4. The number of ether oxygens (including phenoxy) is 1. The maximum Gasteiger partial charge on any atom is 0.111 e. The summed E-state index contributed by atoms with van der Waals surface area (Å²) >= 11 is 4.07. The first kappa shape index (κ1) is 7.32. The van der Waals surface area contributed by atoms with Crippen LogP contribution in [0.25, 0.3) is 0 Å². The smallest absolute Gasteiger partial charge is 0.111 e. The summed E-state index contributed by atoms with van der Waals surface area (Å²) in [6, 6.07) is 0. The predicted octanol–water partition coefficient (Wildman–Crippen LogP) is 2.13. The number of hydrogen-bond acceptors (Lipinski definition) is 3. The standard InChI is InChI=1S/C7H11OS2/c1-2-6(8-3-1)7-4-9-5-10-7/h7H,1-5H2. The van der Waals surface area contributed by atoms with Crippen molar-refractivity contribution in [3.8, 4) is 0 Å². The van der Waals surface area contributed by atoms with Crippen molar-refractivity contribution < 1.29 is 4.74 Å². The van der Waals surface area contributed by atoms with Crippen molar-refractivity contribution in [2.24, 2.45) is 0 Å². The highest BCUT2D eigenvalue weighted by molar-refractivity contribution is 8.19. The van der Waals surface area contributed by atoms with Crippen LogP contribution >= 0.6 is 23.5 Å². The monoisotopic (exact) mass is 175 g/mol. The van der Waals surface area contributed by atoms with Crippen LogP contribution in [-0.2, 0) is 4.74 Å². The van der Waals surface area contributed by atoms with E-state index in [0.29, 0.717) is 0 Å². The van der Waals surface area contributed by atoms with Crippen LogP contribution in [0.4, 0.5) is 0 Å². The van der Waals surface area contributed by atoms with Crippen LogP contribution in [-0.4, -0.2) is 22.7 Å². The lowest BCUT2D eigenvalue weighted by Gasteiger charge is -2.13. The Balaban J connectivity index is 1.85. The summed E-state index contributed by atoms with van der Waals surface area (Å²) in [4.78, 5) is 0. The van der Waals surface area contributed by atoms with Crippen molar-refractivity contribution in [3.05, 3.63) is 6.10 Å². The number of rotatable bonds is 1. The van der Waals surface area contributed by atoms with E-state index in [1.165, 1.54) is 29.8 Å². The minimum Gasteiger partial charge on any atom is -0.371 e. The molecule has 0 bridgehead atoms. The molecule has 2 fully saturated rings. The summed E-state index contributed by atoms with van der Waals surface area (Å²) in [6.07, 6.45) is 3.84. The van der Waals surface area contributed by atoms with Gasteiger partial charge in [0.05, 0.1) is 0 Å². The van der Waals surface area contributed by atoms with Gasteiger partial charge in [-0.3, -0.25) is 0 Å². The van der Waals surface area contributed by atoms with Crippen LogP contribution in [0.3, 0.4) is 0 Å². The second-order valence-corrected chi connectivity index (χ2v) is 5.15. The van der Waals surface area contributed by atoms with Crippen LogP contribution in [0.1, 0.15) is 12.8 Å². The van der Waals surface area contributed by atoms with E-state index in [9.17, 15) is 0 Å². The third kappa shape index (κ3) is 1.46. The van der Waals surface area contributed by atoms with Gasteiger partial charge in [-0.2, -0.15) is 0 Å². The fraction of sp³-hybridized carbons (Fsp3) is 0.857. The Morgan fingerprint density at radius 3 is 3.10 bits per heavy atom. The molecule has 0 aromatic carbocycles. The van der Waals surface area contributed by atoms with E-state index in [2.05, 4.69) is 0 Å². The van der Waals surface area contributed by atoms with Gasteiger partial charge in [-0.1, -0.05) is 0 Å². The minimum absolute atomic E-state index is 0.729. The summed E-state index contributed by atoms with van der Waals surface area (Å²) in [6.45, 7) is 0.969. The predicted molar refractivity (Wildman–Crippen MR) is 47.1 cm³/mol. The molecule has 2 saturated heterocycles. The third-order valence-corrected chi connectivity index (χ3v) is 4.66. The van der Waals surface area contributed by atoms with Crippen LogP contribution in [0.2, 0.25) is 0 Å². The molecule has 2 heterocycles. The van der Waals surface area contributed by atoms with Gasteiger partial charge < -0.3 is 4.74 Å². The first-order valence-electron chi connectivity index (χ1n) is 3.65. The Labute approximate surface area is 70.3 Å². The van der Waals surface area contributed by atoms with Crippen molar-refractivity contribution in [2.75, 3.05) is 17.4 Å². The molecule has 1 radical (unpaired) electrons. The largest absolute Gasteiger partial charge is 0.371 e. The lowest BCUT2D eigenvalue weighted by atomic mass is 10.2. The Kier molecular flexibility index (Phi) is 2.47. The molecule has 2 aliphatic heterocycles. The van der Waals surface area contributed by atoms with Gasteiger partial charge in [-0.25, -0.2) is 0 Å². The lowest BCUT2D eigenvalue weighted by Crippen LogP contribution is -2.12. The topological polar surface area (TPSA) is 9.23 Å². The fourth-order valence-corrected chi connectivity index (χ4v) is 4.17. The van der Waals surface area contributed by atoms with E-state index in [0.717, 1.165) is 11.9 Å². The molecule has 0 N–H and O–H groups in total. The van der Waals surface area contributed by atoms with E-state index in [1.807, 2.05) is 23.5 Å². The van der Waals surface area contributed by atoms with Gasteiger partial charge in [0.2, 0.25) is 0 Å². The van der Waals surface area contributed by atoms with Gasteiger partial charge in [-0.05, 0) is 12.8 Å². The zero-order valence-corrected chi connectivity index (χ0v) is 7.47. The Morgan fingerprint density at radius 2 is 2.50 bits per heavy atom. The minimum atomic E-state index is 0.729. The average molecular weight is 175 g/mol. The zero-order chi connectivity index (χ0) is 6.81. The molecule has 0 aromatic rings. The third-order valence-electron chi connectivity index (χ3n) is 1.84. The molecule has 1 atom stereocenters. The lowest BCUT2D eigenvalue weighted by molar-refractivity contribution is 0.196. The van der Waals surface area contributed by atoms with Crippen LogP contribution in [0.5, 0.6) is 0 Å². The molecule has 1 nitrogen and oxygen atoms in total. The van der Waals surface area contributed by atoms with Gasteiger partial charge in [-0.15, -0.1) is 23.5 Å². The molecular weight excluding hydrogens is 164 g/mol. The molecular formula is C7H11OS2. The van der Waals surface area contributed by atoms with Crippen molar-refractivity contribution in [2.45, 2.75) is 18.1 Å². The zero-order valence-electron chi connectivity index (χ0n) is 5.84. The Bertz CT molecular complexity index is 92.2. The van der Waals surface area contributed by atoms with Crippen LogP contribution in [0, 0.1) is 6.10 Å². The first-order chi connectivity index (χ1) is 4.97. The van der Waals surface area contributed by atoms with Crippen molar-refractivity contribution in [1.82, 2.24) is 0 Å². The van der Waals surface area contributed by atoms with Crippen molar-refractivity contribution >= 4 is 23.5 Å². The molecule has 10 heavy (non-hydrogen) atoms. The molecule has 0 aromatic heterocycles. The van der Waals surface area contributed by atoms with Gasteiger partial charge >= 0.3 is 0 Å². The highest BCUT2D eigenvalue weighted by Crippen LogP contribution is 2.39. The molecule has 0 aliphatic carbocycles. The highest BCUT2D eigenvalue weighted by atomic mass is 32.2. The van der Waals surface area contributed by atoms with Gasteiger partial charge in [0.1, 0.15) is 6.10 Å². The molecule has 2 aliphatic rings. The van der Waals surface area contributed by atoms with Crippen molar-refractivity contribution in [1.29, 1.82) is 0 Å². The van der Waals surface area contributed by atoms with Crippen LogP contribution in [0.15, 0.2) is 0 Å². The molecule has 1 unspecified atom stereocenters. The molecule has 3 heteroatoms. The maximum absolute atomic E-state index is 5.52. The fourth-order valence-electron chi connectivity index (χ4n) is 1.30. The van der Waals surface area contributed by atoms with E-state index in [-0.39, 0.29) is 0 Å². The Hall–Kier alpha value is 0.660. The molecule has 2 rings (SSSR count). The van der Waals surface area contributed by atoms with Crippen molar-refractivity contribution in [3.63, 3.8) is 0 Å². The van der Waals surface area contributed by atoms with E-state index in [1.54, 1.807) is 0 Å². The summed E-state index contributed by atoms with van der Waals surface area (Å²) in [7, 11) is 0. The SMILES string of the molecule is C1CO[C](C2CSCS2)C1. The summed E-state index contributed by atoms with van der Waals surface area (Å²) in [5.41, 5.74) is 0. The van der Waals surface area contributed by atoms with E-state index < -0.39 is 0 Å². The second-order valence-electron chi connectivity index (χ2n) is 2.56. The van der Waals surface area contributed by atoms with Gasteiger partial charge in [0.15, 0.2) is 0 Å². The Morgan fingerprint density at radius 1 is 1.50 bits per heavy atom. The summed E-state index contributed by atoms with van der Waals surface area (Å²) < 4.78 is 5.52. The van der Waals surface area contributed by atoms with E-state index >= 15 is 0 Å². The molecule has 57 valence electrons. The molecule has 0 saturated carbocycles. The van der Waals surface area contributed by atoms with E-state index in [4.69, 9.17) is 4.74 Å². The quantitative estimate of drug-likeness (QED) is 0.604. The molecule has 0 spiro atoms. The second kappa shape index (κ2) is 3.37. The van der Waals surface area contributed by atoms with Gasteiger partial charge in [0, 0.05) is 22.7 Å². The van der Waals surface area contributed by atoms with Crippen LogP contribution < -0.4 is 0 Å². The number of thioether (sulfide) groups is 2. The average Bonchev–Trinajstić information content (AvgIpc) is 2.59. The molecule has 0 amide bonds. The number of hydrogen-bond donors (Lipinski definition) is 0. The summed E-state index contributed by atoms with van der Waals surface area (Å²) in [5, 5.41) is 1.99. The summed E-state index contributed by atoms with van der Waals surface area (Å²) in [5.74, 6) is 1.28.